The quantitative estimate of drug-likeness (QED) is 0.641. The number of ether oxygens (including phenoxy) is 1. The van der Waals surface area contributed by atoms with Crippen molar-refractivity contribution >= 4 is 11.9 Å². The first-order valence-electron chi connectivity index (χ1n) is 5.49. The van der Waals surface area contributed by atoms with E-state index in [1.807, 2.05) is 0 Å². The highest BCUT2D eigenvalue weighted by atomic mass is 16.5. The molecule has 2 fully saturated rings. The topological polar surface area (TPSA) is 78.9 Å². The first-order chi connectivity index (χ1) is 7.66. The Morgan fingerprint density at radius 1 is 1.44 bits per heavy atom. The summed E-state index contributed by atoms with van der Waals surface area (Å²) in [6, 6.07) is 0. The Morgan fingerprint density at radius 3 is 2.75 bits per heavy atom. The van der Waals surface area contributed by atoms with Crippen LogP contribution in [0.15, 0.2) is 0 Å². The van der Waals surface area contributed by atoms with Crippen LogP contribution in [0.2, 0.25) is 0 Å². The minimum Gasteiger partial charge on any atom is -0.481 e. The van der Waals surface area contributed by atoms with Gasteiger partial charge in [0.2, 0.25) is 0 Å². The number of carboxylic acid groups (broad SMARTS) is 1. The third-order valence-corrected chi connectivity index (χ3v) is 2.94. The van der Waals surface area contributed by atoms with Crippen molar-refractivity contribution in [2.24, 2.45) is 5.92 Å². The number of carbonyl (C=O) groups is 2. The summed E-state index contributed by atoms with van der Waals surface area (Å²) in [5.41, 5.74) is 0. The fraction of sp³-hybridized carbons (Fsp3) is 0.800. The molecule has 2 aliphatic heterocycles. The average molecular weight is 228 g/mol. The molecule has 90 valence electrons. The summed E-state index contributed by atoms with van der Waals surface area (Å²) in [5, 5.41) is 11.7. The lowest BCUT2D eigenvalue weighted by molar-refractivity contribution is -0.154. The summed E-state index contributed by atoms with van der Waals surface area (Å²) < 4.78 is 5.34. The Kier molecular flexibility index (Phi) is 3.40. The van der Waals surface area contributed by atoms with Gasteiger partial charge in [-0.2, -0.15) is 0 Å². The van der Waals surface area contributed by atoms with Crippen LogP contribution in [0.25, 0.3) is 0 Å². The van der Waals surface area contributed by atoms with Gasteiger partial charge in [-0.25, -0.2) is 0 Å². The molecule has 0 bridgehead atoms. The Hall–Kier alpha value is -1.14. The van der Waals surface area contributed by atoms with Gasteiger partial charge in [-0.1, -0.05) is 0 Å². The lowest BCUT2D eigenvalue weighted by Crippen LogP contribution is -2.57. The van der Waals surface area contributed by atoms with Crippen molar-refractivity contribution in [1.82, 2.24) is 10.2 Å². The summed E-state index contributed by atoms with van der Waals surface area (Å²) in [7, 11) is 0. The molecule has 0 radical (unpaired) electrons. The number of likely N-dealkylation sites (tertiary alicyclic amines) is 1. The van der Waals surface area contributed by atoms with Gasteiger partial charge in [0.05, 0.1) is 13.0 Å². The van der Waals surface area contributed by atoms with E-state index in [-0.39, 0.29) is 24.3 Å². The first kappa shape index (κ1) is 11.3. The van der Waals surface area contributed by atoms with Gasteiger partial charge in [0.15, 0.2) is 0 Å². The van der Waals surface area contributed by atoms with Gasteiger partial charge < -0.3 is 20.1 Å². The molecule has 0 aromatic carbocycles. The van der Waals surface area contributed by atoms with E-state index >= 15 is 0 Å². The fourth-order valence-corrected chi connectivity index (χ4v) is 2.05. The number of hydrogen-bond donors (Lipinski definition) is 2. The number of nitrogens with one attached hydrogen (secondary N) is 1. The van der Waals surface area contributed by atoms with Crippen LogP contribution in [0, 0.1) is 5.92 Å². The molecule has 0 aromatic rings. The lowest BCUT2D eigenvalue weighted by atomic mass is 9.95. The second-order valence-corrected chi connectivity index (χ2v) is 4.27. The van der Waals surface area contributed by atoms with Gasteiger partial charge in [-0.15, -0.1) is 0 Å². The molecule has 2 aliphatic rings. The highest BCUT2D eigenvalue weighted by Crippen LogP contribution is 2.20. The van der Waals surface area contributed by atoms with Gasteiger partial charge >= 0.3 is 5.97 Å². The second-order valence-electron chi connectivity index (χ2n) is 4.27. The average Bonchev–Trinajstić information content (AvgIpc) is 2.23. The van der Waals surface area contributed by atoms with E-state index in [2.05, 4.69) is 5.32 Å². The summed E-state index contributed by atoms with van der Waals surface area (Å²) in [5.74, 6) is -0.709. The number of nitrogens with zero attached hydrogens (tertiary/aromatic N) is 1. The van der Waals surface area contributed by atoms with Crippen LogP contribution >= 0.6 is 0 Å². The molecule has 1 unspecified atom stereocenters. The first-order valence-corrected chi connectivity index (χ1v) is 5.49. The highest BCUT2D eigenvalue weighted by Gasteiger charge is 2.36. The van der Waals surface area contributed by atoms with Crippen molar-refractivity contribution < 1.29 is 19.4 Å². The summed E-state index contributed by atoms with van der Waals surface area (Å²) in [6.45, 7) is 2.99. The summed E-state index contributed by atoms with van der Waals surface area (Å²) in [4.78, 5) is 23.9. The Labute approximate surface area is 93.6 Å². The van der Waals surface area contributed by atoms with Crippen LogP contribution in [-0.2, 0) is 14.3 Å². The van der Waals surface area contributed by atoms with Crippen molar-refractivity contribution in [3.63, 3.8) is 0 Å². The number of rotatable bonds is 3. The molecule has 2 rings (SSSR count). The fourth-order valence-electron chi connectivity index (χ4n) is 2.05. The second kappa shape index (κ2) is 4.80. The van der Waals surface area contributed by atoms with E-state index < -0.39 is 5.97 Å². The van der Waals surface area contributed by atoms with Crippen molar-refractivity contribution in [2.45, 2.75) is 12.5 Å². The monoisotopic (exact) mass is 228 g/mol. The maximum absolute atomic E-state index is 11.8. The van der Waals surface area contributed by atoms with Crippen LogP contribution in [0.4, 0.5) is 0 Å². The van der Waals surface area contributed by atoms with Crippen LogP contribution < -0.4 is 5.32 Å². The largest absolute Gasteiger partial charge is 0.481 e. The van der Waals surface area contributed by atoms with E-state index in [4.69, 9.17) is 9.84 Å². The van der Waals surface area contributed by atoms with E-state index in [1.165, 1.54) is 0 Å². The van der Waals surface area contributed by atoms with Gasteiger partial charge in [0.25, 0.3) is 5.91 Å². The van der Waals surface area contributed by atoms with E-state index in [0.717, 1.165) is 6.54 Å². The molecule has 0 spiro atoms. The Bertz CT molecular complexity index is 283. The van der Waals surface area contributed by atoms with Crippen LogP contribution in [0.1, 0.15) is 6.42 Å². The predicted octanol–water partition coefficient (Wildman–Crippen LogP) is -1.09. The number of hydrogen-bond acceptors (Lipinski definition) is 4. The van der Waals surface area contributed by atoms with Crippen LogP contribution in [0.5, 0.6) is 0 Å². The molecule has 16 heavy (non-hydrogen) atoms. The van der Waals surface area contributed by atoms with Crippen molar-refractivity contribution in [3.8, 4) is 0 Å². The van der Waals surface area contributed by atoms with Gasteiger partial charge in [-0.05, 0) is 0 Å². The highest BCUT2D eigenvalue weighted by molar-refractivity contribution is 5.82. The smallest absolute Gasteiger partial charge is 0.303 e. The minimum atomic E-state index is -0.798. The third-order valence-electron chi connectivity index (χ3n) is 2.94. The Balaban J connectivity index is 1.74. The SMILES string of the molecule is O=C(O)CC1CN(C(=O)C2CNCCO2)C1. The predicted molar refractivity (Wildman–Crippen MR) is 54.9 cm³/mol. The van der Waals surface area contributed by atoms with Gasteiger partial charge in [0, 0.05) is 32.1 Å². The Morgan fingerprint density at radius 2 is 2.19 bits per heavy atom. The van der Waals surface area contributed by atoms with E-state index in [9.17, 15) is 9.59 Å². The minimum absolute atomic E-state index is 0.0196. The van der Waals surface area contributed by atoms with Gasteiger partial charge in [-0.3, -0.25) is 9.59 Å². The number of aliphatic carboxylic acids is 1. The summed E-state index contributed by atoms with van der Waals surface area (Å²) in [6.07, 6.45) is -0.243. The zero-order valence-electron chi connectivity index (χ0n) is 9.02. The van der Waals surface area contributed by atoms with Crippen LogP contribution in [0.3, 0.4) is 0 Å². The molecular weight excluding hydrogens is 212 g/mol. The third kappa shape index (κ3) is 2.51. The molecule has 1 amide bonds. The van der Waals surface area contributed by atoms with Crippen molar-refractivity contribution in [3.05, 3.63) is 0 Å². The van der Waals surface area contributed by atoms with E-state index in [1.54, 1.807) is 4.90 Å². The zero-order valence-corrected chi connectivity index (χ0v) is 9.02. The maximum Gasteiger partial charge on any atom is 0.303 e. The summed E-state index contributed by atoms with van der Waals surface area (Å²) >= 11 is 0. The van der Waals surface area contributed by atoms with E-state index in [0.29, 0.717) is 26.2 Å². The van der Waals surface area contributed by atoms with Crippen molar-refractivity contribution in [1.29, 1.82) is 0 Å². The number of carbonyl (C=O) groups excluding carboxylic acids is 1. The number of carboxylic acids is 1. The molecule has 2 saturated heterocycles. The zero-order chi connectivity index (χ0) is 11.5. The molecule has 0 aromatic heterocycles. The molecule has 2 heterocycles. The van der Waals surface area contributed by atoms with Crippen LogP contribution in [-0.4, -0.2) is 60.8 Å². The normalized spacial score (nSPS) is 26.2. The number of morpholine rings is 1. The van der Waals surface area contributed by atoms with Crippen molar-refractivity contribution in [2.75, 3.05) is 32.8 Å². The molecule has 0 saturated carbocycles. The molecule has 1 atom stereocenters. The molecular formula is C10H16N2O4. The molecule has 6 heteroatoms. The molecule has 2 N–H and O–H groups in total. The molecule has 6 nitrogen and oxygen atoms in total. The maximum atomic E-state index is 11.8. The molecule has 0 aliphatic carbocycles. The standard InChI is InChI=1S/C10H16N2O4/c13-9(14)3-7-5-12(6-7)10(15)8-4-11-1-2-16-8/h7-8,11H,1-6H2,(H,13,14). The number of amides is 1. The van der Waals surface area contributed by atoms with Gasteiger partial charge in [0.1, 0.15) is 6.10 Å². The lowest BCUT2D eigenvalue weighted by Gasteiger charge is -2.40.